The van der Waals surface area contributed by atoms with E-state index >= 15 is 0 Å². The van der Waals surface area contributed by atoms with E-state index in [1.165, 1.54) is 37.1 Å². The van der Waals surface area contributed by atoms with Gasteiger partial charge in [0, 0.05) is 18.6 Å². The minimum atomic E-state index is -0.0201. The first-order valence-corrected chi connectivity index (χ1v) is 6.63. The van der Waals surface area contributed by atoms with Gasteiger partial charge in [0.05, 0.1) is 0 Å². The molecule has 0 saturated heterocycles. The summed E-state index contributed by atoms with van der Waals surface area (Å²) in [5.41, 5.74) is 9.02. The van der Waals surface area contributed by atoms with E-state index in [4.69, 9.17) is 5.73 Å². The third kappa shape index (κ3) is 3.83. The number of nitrogens with zero attached hydrogens (tertiary/aromatic N) is 1. The maximum atomic E-state index is 6.01. The average Bonchev–Trinajstić information content (AvgIpc) is 2.27. The van der Waals surface area contributed by atoms with Crippen molar-refractivity contribution in [2.24, 2.45) is 5.73 Å². The number of hydrogen-bond donors (Lipinski definition) is 1. The Morgan fingerprint density at radius 2 is 1.94 bits per heavy atom. The van der Waals surface area contributed by atoms with Gasteiger partial charge in [-0.1, -0.05) is 24.3 Å². The lowest BCUT2D eigenvalue weighted by molar-refractivity contribution is 0.241. The minimum Gasteiger partial charge on any atom is -0.326 e. The van der Waals surface area contributed by atoms with Gasteiger partial charge in [0.2, 0.25) is 0 Å². The zero-order chi connectivity index (χ0) is 12.3. The Morgan fingerprint density at radius 3 is 2.65 bits per heavy atom. The van der Waals surface area contributed by atoms with Gasteiger partial charge in [-0.3, -0.25) is 4.90 Å². The van der Waals surface area contributed by atoms with Gasteiger partial charge in [-0.05, 0) is 50.8 Å². The van der Waals surface area contributed by atoms with Crippen LogP contribution in [0.4, 0.5) is 0 Å². The maximum Gasteiger partial charge on any atom is 0.0236 e. The molecule has 0 saturated carbocycles. The monoisotopic (exact) mass is 232 g/mol. The van der Waals surface area contributed by atoms with E-state index in [2.05, 4.69) is 43.0 Å². The zero-order valence-corrected chi connectivity index (χ0v) is 11.1. The molecule has 0 spiro atoms. The lowest BCUT2D eigenvalue weighted by Crippen LogP contribution is -2.35. The van der Waals surface area contributed by atoms with Crippen LogP contribution in [-0.4, -0.2) is 23.5 Å². The molecule has 0 fully saturated rings. The molecule has 1 aromatic rings. The summed E-state index contributed by atoms with van der Waals surface area (Å²) in [6.07, 6.45) is 3.50. The molecule has 94 valence electrons. The van der Waals surface area contributed by atoms with Crippen molar-refractivity contribution in [2.75, 3.05) is 13.1 Å². The summed E-state index contributed by atoms with van der Waals surface area (Å²) >= 11 is 0. The Labute approximate surface area is 105 Å². The Bertz CT molecular complexity index is 365. The summed E-state index contributed by atoms with van der Waals surface area (Å²) in [5, 5.41) is 0. The highest BCUT2D eigenvalue weighted by Crippen LogP contribution is 2.19. The van der Waals surface area contributed by atoms with E-state index in [0.29, 0.717) is 0 Å². The number of nitrogens with two attached hydrogens (primary N) is 1. The number of benzene rings is 1. The molecule has 2 heteroatoms. The molecule has 0 aromatic heterocycles. The smallest absolute Gasteiger partial charge is 0.0236 e. The van der Waals surface area contributed by atoms with Crippen molar-refractivity contribution in [1.29, 1.82) is 0 Å². The predicted molar refractivity (Wildman–Crippen MR) is 72.9 cm³/mol. The summed E-state index contributed by atoms with van der Waals surface area (Å²) in [6.45, 7) is 7.70. The van der Waals surface area contributed by atoms with Crippen LogP contribution in [0.5, 0.6) is 0 Å². The Balaban J connectivity index is 1.82. The van der Waals surface area contributed by atoms with E-state index < -0.39 is 0 Å². The molecule has 0 amide bonds. The summed E-state index contributed by atoms with van der Waals surface area (Å²) in [7, 11) is 0. The van der Waals surface area contributed by atoms with Gasteiger partial charge in [-0.15, -0.1) is 0 Å². The zero-order valence-electron chi connectivity index (χ0n) is 11.1. The van der Waals surface area contributed by atoms with Gasteiger partial charge in [0.1, 0.15) is 0 Å². The van der Waals surface area contributed by atoms with Crippen LogP contribution in [0.25, 0.3) is 0 Å². The van der Waals surface area contributed by atoms with Crippen molar-refractivity contribution in [2.45, 2.75) is 45.2 Å². The molecule has 0 bridgehead atoms. The van der Waals surface area contributed by atoms with E-state index in [9.17, 15) is 0 Å². The van der Waals surface area contributed by atoms with Gasteiger partial charge < -0.3 is 5.73 Å². The first-order chi connectivity index (χ1) is 8.04. The molecular formula is C15H24N2. The highest BCUT2D eigenvalue weighted by Gasteiger charge is 2.16. The highest BCUT2D eigenvalue weighted by molar-refractivity contribution is 5.28. The van der Waals surface area contributed by atoms with Crippen molar-refractivity contribution >= 4 is 0 Å². The summed E-state index contributed by atoms with van der Waals surface area (Å²) in [6, 6.07) is 8.81. The lowest BCUT2D eigenvalue weighted by atomic mass is 9.97. The molecule has 0 atom stereocenters. The minimum absolute atomic E-state index is 0.0201. The molecule has 2 rings (SSSR count). The predicted octanol–water partition coefficient (Wildman–Crippen LogP) is 2.56. The maximum absolute atomic E-state index is 6.01. The highest BCUT2D eigenvalue weighted by atomic mass is 15.1. The molecule has 1 aliphatic rings. The molecule has 1 heterocycles. The topological polar surface area (TPSA) is 29.3 Å². The molecular weight excluding hydrogens is 208 g/mol. The van der Waals surface area contributed by atoms with Gasteiger partial charge >= 0.3 is 0 Å². The second-order valence-electron chi connectivity index (χ2n) is 5.89. The second-order valence-corrected chi connectivity index (χ2v) is 5.89. The number of rotatable bonds is 4. The first kappa shape index (κ1) is 12.6. The van der Waals surface area contributed by atoms with Crippen LogP contribution >= 0.6 is 0 Å². The number of hydrogen-bond acceptors (Lipinski definition) is 2. The van der Waals surface area contributed by atoms with Crippen molar-refractivity contribution in [1.82, 2.24) is 4.90 Å². The molecule has 0 radical (unpaired) electrons. The Hall–Kier alpha value is -0.860. The molecule has 0 aliphatic carbocycles. The summed E-state index contributed by atoms with van der Waals surface area (Å²) in [5.74, 6) is 0. The van der Waals surface area contributed by atoms with Crippen LogP contribution < -0.4 is 5.73 Å². The fraction of sp³-hybridized carbons (Fsp3) is 0.600. The first-order valence-electron chi connectivity index (χ1n) is 6.63. The van der Waals surface area contributed by atoms with Gasteiger partial charge in [-0.25, -0.2) is 0 Å². The molecule has 1 aromatic carbocycles. The van der Waals surface area contributed by atoms with E-state index in [1.54, 1.807) is 0 Å². The third-order valence-corrected chi connectivity index (χ3v) is 3.51. The van der Waals surface area contributed by atoms with Crippen LogP contribution in [-0.2, 0) is 13.0 Å². The van der Waals surface area contributed by atoms with E-state index in [1.807, 2.05) is 0 Å². The molecule has 1 aliphatic heterocycles. The Morgan fingerprint density at radius 1 is 1.24 bits per heavy atom. The molecule has 0 unspecified atom stereocenters. The normalized spacial score (nSPS) is 16.9. The molecule has 2 N–H and O–H groups in total. The van der Waals surface area contributed by atoms with Crippen molar-refractivity contribution in [3.8, 4) is 0 Å². The largest absolute Gasteiger partial charge is 0.326 e. The SMILES string of the molecule is CC(C)(N)CCCN1CCc2ccccc2C1. The lowest BCUT2D eigenvalue weighted by Gasteiger charge is -2.29. The van der Waals surface area contributed by atoms with Crippen LogP contribution in [0.15, 0.2) is 24.3 Å². The second kappa shape index (κ2) is 5.19. The molecule has 17 heavy (non-hydrogen) atoms. The van der Waals surface area contributed by atoms with Crippen molar-refractivity contribution < 1.29 is 0 Å². The van der Waals surface area contributed by atoms with Crippen molar-refractivity contribution in [3.05, 3.63) is 35.4 Å². The van der Waals surface area contributed by atoms with Gasteiger partial charge in [-0.2, -0.15) is 0 Å². The van der Waals surface area contributed by atoms with Gasteiger partial charge in [0.25, 0.3) is 0 Å². The summed E-state index contributed by atoms with van der Waals surface area (Å²) < 4.78 is 0. The van der Waals surface area contributed by atoms with Crippen LogP contribution in [0, 0.1) is 0 Å². The fourth-order valence-electron chi connectivity index (χ4n) is 2.50. The standard InChI is InChI=1S/C15H24N2/c1-15(2,16)9-5-10-17-11-8-13-6-3-4-7-14(13)12-17/h3-4,6-7H,5,8-12,16H2,1-2H3. The van der Waals surface area contributed by atoms with Crippen LogP contribution in [0.1, 0.15) is 37.8 Å². The van der Waals surface area contributed by atoms with Crippen LogP contribution in [0.2, 0.25) is 0 Å². The van der Waals surface area contributed by atoms with Crippen LogP contribution in [0.3, 0.4) is 0 Å². The summed E-state index contributed by atoms with van der Waals surface area (Å²) in [4.78, 5) is 2.55. The third-order valence-electron chi connectivity index (χ3n) is 3.51. The van der Waals surface area contributed by atoms with Gasteiger partial charge in [0.15, 0.2) is 0 Å². The number of fused-ring (bicyclic) bond motifs is 1. The van der Waals surface area contributed by atoms with Crippen molar-refractivity contribution in [3.63, 3.8) is 0 Å². The quantitative estimate of drug-likeness (QED) is 0.864. The van der Waals surface area contributed by atoms with E-state index in [-0.39, 0.29) is 5.54 Å². The fourth-order valence-corrected chi connectivity index (χ4v) is 2.50. The van der Waals surface area contributed by atoms with E-state index in [0.717, 1.165) is 13.0 Å². The molecule has 2 nitrogen and oxygen atoms in total. The Kier molecular flexibility index (Phi) is 3.85. The average molecular weight is 232 g/mol.